The highest BCUT2D eigenvalue weighted by atomic mass is 16.5. The van der Waals surface area contributed by atoms with Crippen LogP contribution in [0.3, 0.4) is 0 Å². The number of nitrogens with zero attached hydrogens (tertiary/aromatic N) is 3. The molecule has 0 bridgehead atoms. The fraction of sp³-hybridized carbons (Fsp3) is 0.111. The van der Waals surface area contributed by atoms with Crippen molar-refractivity contribution in [1.29, 1.82) is 5.26 Å². The van der Waals surface area contributed by atoms with Crippen molar-refractivity contribution in [2.24, 2.45) is 0 Å². The van der Waals surface area contributed by atoms with Crippen molar-refractivity contribution in [3.8, 4) is 6.07 Å². The standard InChI is InChI=1S/C18H14N4O3/c1-25-18(24)15-14-7-3-5-9-22(14)17(23)13(10-19)16(15)21-11-12-6-2-4-8-20-12/h2-9,21H,11H2,1H3. The number of nitriles is 1. The maximum Gasteiger partial charge on any atom is 0.342 e. The number of nitrogens with one attached hydrogen (secondary N) is 1. The third-order valence-corrected chi connectivity index (χ3v) is 3.72. The number of hydrogen-bond donors (Lipinski definition) is 1. The van der Waals surface area contributed by atoms with Crippen LogP contribution in [-0.2, 0) is 11.3 Å². The molecular weight excluding hydrogens is 320 g/mol. The van der Waals surface area contributed by atoms with E-state index in [9.17, 15) is 14.9 Å². The largest absolute Gasteiger partial charge is 0.465 e. The Balaban J connectivity index is 2.23. The van der Waals surface area contributed by atoms with Crippen molar-refractivity contribution in [2.45, 2.75) is 6.54 Å². The van der Waals surface area contributed by atoms with Crippen LogP contribution in [-0.4, -0.2) is 22.5 Å². The average molecular weight is 334 g/mol. The van der Waals surface area contributed by atoms with E-state index in [2.05, 4.69) is 10.3 Å². The zero-order chi connectivity index (χ0) is 17.8. The van der Waals surface area contributed by atoms with E-state index in [1.54, 1.807) is 36.5 Å². The molecule has 0 fully saturated rings. The molecule has 0 amide bonds. The highest BCUT2D eigenvalue weighted by Gasteiger charge is 2.23. The van der Waals surface area contributed by atoms with Crippen LogP contribution in [0.2, 0.25) is 0 Å². The van der Waals surface area contributed by atoms with E-state index in [1.807, 2.05) is 12.1 Å². The molecule has 0 atom stereocenters. The first-order valence-corrected chi connectivity index (χ1v) is 7.47. The molecule has 1 N–H and O–H groups in total. The van der Waals surface area contributed by atoms with Crippen molar-refractivity contribution in [3.63, 3.8) is 0 Å². The number of esters is 1. The van der Waals surface area contributed by atoms with Crippen molar-refractivity contribution in [3.05, 3.63) is 76.0 Å². The maximum atomic E-state index is 12.6. The molecule has 0 aromatic carbocycles. The number of rotatable bonds is 4. The van der Waals surface area contributed by atoms with Crippen LogP contribution in [0, 0.1) is 11.3 Å². The van der Waals surface area contributed by atoms with Crippen LogP contribution in [0.5, 0.6) is 0 Å². The fourth-order valence-electron chi connectivity index (χ4n) is 2.58. The molecule has 0 saturated carbocycles. The maximum absolute atomic E-state index is 12.6. The summed E-state index contributed by atoms with van der Waals surface area (Å²) in [6.45, 7) is 0.252. The van der Waals surface area contributed by atoms with E-state index in [0.29, 0.717) is 11.2 Å². The van der Waals surface area contributed by atoms with Crippen molar-refractivity contribution in [2.75, 3.05) is 12.4 Å². The Kier molecular flexibility index (Phi) is 4.44. The third kappa shape index (κ3) is 2.93. The monoisotopic (exact) mass is 334 g/mol. The van der Waals surface area contributed by atoms with E-state index < -0.39 is 11.5 Å². The molecular formula is C18H14N4O3. The predicted octanol–water partition coefficient (Wildman–Crippen LogP) is 1.96. The molecule has 3 rings (SSSR count). The molecule has 124 valence electrons. The lowest BCUT2D eigenvalue weighted by atomic mass is 10.1. The molecule has 25 heavy (non-hydrogen) atoms. The number of pyridine rings is 3. The zero-order valence-corrected chi connectivity index (χ0v) is 13.4. The van der Waals surface area contributed by atoms with Gasteiger partial charge in [-0.15, -0.1) is 0 Å². The molecule has 0 radical (unpaired) electrons. The van der Waals surface area contributed by atoms with Gasteiger partial charge in [-0.2, -0.15) is 5.26 Å². The number of methoxy groups -OCH3 is 1. The Morgan fingerprint density at radius 3 is 2.80 bits per heavy atom. The third-order valence-electron chi connectivity index (χ3n) is 3.72. The highest BCUT2D eigenvalue weighted by Crippen LogP contribution is 2.24. The smallest absolute Gasteiger partial charge is 0.342 e. The molecule has 0 aliphatic carbocycles. The lowest BCUT2D eigenvalue weighted by Gasteiger charge is -2.15. The molecule has 0 unspecified atom stereocenters. The highest BCUT2D eigenvalue weighted by molar-refractivity contribution is 6.03. The first-order chi connectivity index (χ1) is 12.2. The van der Waals surface area contributed by atoms with Crippen LogP contribution < -0.4 is 10.9 Å². The molecule has 7 nitrogen and oxygen atoms in total. The summed E-state index contributed by atoms with van der Waals surface area (Å²) in [4.78, 5) is 29.1. The second-order valence-electron chi connectivity index (χ2n) is 5.16. The fourth-order valence-corrected chi connectivity index (χ4v) is 2.58. The van der Waals surface area contributed by atoms with Crippen LogP contribution in [0.15, 0.2) is 53.6 Å². The van der Waals surface area contributed by atoms with E-state index in [0.717, 1.165) is 0 Å². The number of carbonyl (C=O) groups is 1. The summed E-state index contributed by atoms with van der Waals surface area (Å²) in [5.41, 5.74) is 0.693. The summed E-state index contributed by atoms with van der Waals surface area (Å²) in [5.74, 6) is -0.635. The minimum Gasteiger partial charge on any atom is -0.465 e. The van der Waals surface area contributed by atoms with Gasteiger partial charge in [-0.05, 0) is 24.3 Å². The van der Waals surface area contributed by atoms with Gasteiger partial charge in [0.1, 0.15) is 17.2 Å². The summed E-state index contributed by atoms with van der Waals surface area (Å²) in [6, 6.07) is 12.3. The minimum atomic E-state index is -0.635. The van der Waals surface area contributed by atoms with Gasteiger partial charge in [0.15, 0.2) is 0 Å². The van der Waals surface area contributed by atoms with Crippen molar-refractivity contribution >= 4 is 17.2 Å². The van der Waals surface area contributed by atoms with Crippen molar-refractivity contribution < 1.29 is 9.53 Å². The van der Waals surface area contributed by atoms with Gasteiger partial charge in [-0.25, -0.2) is 4.79 Å². The van der Waals surface area contributed by atoms with Gasteiger partial charge >= 0.3 is 5.97 Å². The van der Waals surface area contributed by atoms with Gasteiger partial charge in [0.2, 0.25) is 0 Å². The van der Waals surface area contributed by atoms with Gasteiger partial charge < -0.3 is 10.1 Å². The number of ether oxygens (including phenoxy) is 1. The van der Waals surface area contributed by atoms with Crippen LogP contribution in [0.4, 0.5) is 5.69 Å². The van der Waals surface area contributed by atoms with E-state index in [4.69, 9.17) is 4.74 Å². The van der Waals surface area contributed by atoms with E-state index in [1.165, 1.54) is 17.7 Å². The van der Waals surface area contributed by atoms with Crippen LogP contribution >= 0.6 is 0 Å². The topological polar surface area (TPSA) is 96.5 Å². The summed E-state index contributed by atoms with van der Waals surface area (Å²) >= 11 is 0. The number of aromatic nitrogens is 2. The molecule has 3 aromatic rings. The summed E-state index contributed by atoms with van der Waals surface area (Å²) < 4.78 is 6.12. The van der Waals surface area contributed by atoms with E-state index in [-0.39, 0.29) is 23.4 Å². The Labute approximate surface area is 143 Å². The summed E-state index contributed by atoms with van der Waals surface area (Å²) in [7, 11) is 1.25. The minimum absolute atomic E-state index is 0.134. The van der Waals surface area contributed by atoms with Gasteiger partial charge in [0.25, 0.3) is 5.56 Å². The molecule has 0 spiro atoms. The second-order valence-corrected chi connectivity index (χ2v) is 5.16. The molecule has 7 heteroatoms. The summed E-state index contributed by atoms with van der Waals surface area (Å²) in [5, 5.41) is 12.5. The lowest BCUT2D eigenvalue weighted by molar-refractivity contribution is 0.0603. The predicted molar refractivity (Wildman–Crippen MR) is 91.3 cm³/mol. The Hall–Kier alpha value is -3.66. The van der Waals surface area contributed by atoms with Crippen LogP contribution in [0.1, 0.15) is 21.6 Å². The number of carbonyl (C=O) groups excluding carboxylic acids is 1. The first kappa shape index (κ1) is 16.2. The first-order valence-electron chi connectivity index (χ1n) is 7.47. The van der Waals surface area contributed by atoms with Gasteiger partial charge in [0, 0.05) is 12.4 Å². The van der Waals surface area contributed by atoms with Gasteiger partial charge in [0.05, 0.1) is 30.6 Å². The average Bonchev–Trinajstić information content (AvgIpc) is 2.67. The second kappa shape index (κ2) is 6.84. The molecule has 0 saturated heterocycles. The quantitative estimate of drug-likeness (QED) is 0.733. The van der Waals surface area contributed by atoms with Crippen molar-refractivity contribution in [1.82, 2.24) is 9.38 Å². The Bertz CT molecular complexity index is 1040. The van der Waals surface area contributed by atoms with Crippen LogP contribution in [0.25, 0.3) is 5.52 Å². The Morgan fingerprint density at radius 2 is 2.12 bits per heavy atom. The lowest BCUT2D eigenvalue weighted by Crippen LogP contribution is -2.23. The zero-order valence-electron chi connectivity index (χ0n) is 13.4. The number of anilines is 1. The normalized spacial score (nSPS) is 10.2. The molecule has 3 heterocycles. The number of fused-ring (bicyclic) bond motifs is 1. The Morgan fingerprint density at radius 1 is 1.32 bits per heavy atom. The molecule has 0 aliphatic heterocycles. The van der Waals surface area contributed by atoms with E-state index >= 15 is 0 Å². The molecule has 0 aliphatic rings. The van der Waals surface area contributed by atoms with Gasteiger partial charge in [-0.1, -0.05) is 12.1 Å². The molecule has 3 aromatic heterocycles. The number of hydrogen-bond acceptors (Lipinski definition) is 6. The van der Waals surface area contributed by atoms with Gasteiger partial charge in [-0.3, -0.25) is 14.2 Å². The summed E-state index contributed by atoms with van der Waals surface area (Å²) in [6.07, 6.45) is 3.15. The SMILES string of the molecule is COC(=O)c1c(NCc2ccccn2)c(C#N)c(=O)n2ccccc12.